The van der Waals surface area contributed by atoms with Crippen molar-refractivity contribution in [2.45, 2.75) is 36.2 Å². The molecule has 48 heavy (non-hydrogen) atoms. The number of likely N-dealkylation sites (tertiary alicyclic amines) is 1. The number of ether oxygens (including phenoxy) is 2. The smallest absolute Gasteiger partial charge is 0.427 e. The molecule has 3 aliphatic heterocycles. The molecule has 15 heteroatoms. The number of nitrogens with one attached hydrogen (secondary N) is 1. The summed E-state index contributed by atoms with van der Waals surface area (Å²) in [5.41, 5.74) is -1.94. The van der Waals surface area contributed by atoms with Crippen LogP contribution < -0.4 is 19.1 Å². The predicted molar refractivity (Wildman–Crippen MR) is 179 cm³/mol. The third-order valence-electron chi connectivity index (χ3n) is 9.11. The molecule has 2 fully saturated rings. The molecule has 1 N–H and O–H groups in total. The van der Waals surface area contributed by atoms with Gasteiger partial charge < -0.3 is 19.2 Å². The number of rotatable bonds is 9. The molecular weight excluding hydrogens is 660 g/mol. The minimum absolute atomic E-state index is 0.00588. The average molecular weight is 699 g/mol. The zero-order valence-corrected chi connectivity index (χ0v) is 28.7. The van der Waals surface area contributed by atoms with Crippen LogP contribution in [-0.4, -0.2) is 106 Å². The summed E-state index contributed by atoms with van der Waals surface area (Å²) in [5.74, 6) is -0.923. The number of methoxy groups -OCH3 is 1. The number of nitrogens with zero attached hydrogens (tertiary/aromatic N) is 5. The maximum atomic E-state index is 14.9. The van der Waals surface area contributed by atoms with E-state index in [1.165, 1.54) is 49.7 Å². The number of aromatic nitrogens is 1. The molecule has 6 rings (SSSR count). The van der Waals surface area contributed by atoms with E-state index in [0.29, 0.717) is 36.5 Å². The summed E-state index contributed by atoms with van der Waals surface area (Å²) < 4.78 is 40.6. The number of halogens is 1. The van der Waals surface area contributed by atoms with Crippen LogP contribution in [0.5, 0.6) is 11.6 Å². The summed E-state index contributed by atoms with van der Waals surface area (Å²) in [7, 11) is -1.13. The van der Waals surface area contributed by atoms with Gasteiger partial charge in [0.2, 0.25) is 5.88 Å². The monoisotopic (exact) mass is 698 g/mol. The van der Waals surface area contributed by atoms with Crippen molar-refractivity contribution in [1.82, 2.24) is 25.2 Å². The van der Waals surface area contributed by atoms with Crippen LogP contribution in [0, 0.1) is 0 Å². The first kappa shape index (κ1) is 33.9. The Morgan fingerprint density at radius 2 is 1.75 bits per heavy atom. The second-order valence-corrected chi connectivity index (χ2v) is 14.1. The molecule has 2 amide bonds. The molecule has 0 aliphatic carbocycles. The number of fused-ring (bicyclic) bond motifs is 1. The first-order valence-electron chi connectivity index (χ1n) is 15.9. The maximum absolute atomic E-state index is 14.9. The number of hydrogen-bond donors (Lipinski definition) is 1. The Morgan fingerprint density at radius 1 is 1.02 bits per heavy atom. The Morgan fingerprint density at radius 3 is 2.46 bits per heavy atom. The SMILES string of the molecule is CCOc1ncccc1C1(NC(=O)ON2CCN(C3CCN(C)CC3)CC2)C(=O)N(S(=O)(=O)c2ccccc2OC)c2ccc(Cl)cc21. The van der Waals surface area contributed by atoms with Crippen molar-refractivity contribution in [2.75, 3.05) is 64.3 Å². The van der Waals surface area contributed by atoms with Crippen LogP contribution in [0.3, 0.4) is 0 Å². The lowest BCUT2D eigenvalue weighted by molar-refractivity contribution is -0.133. The number of amides is 2. The van der Waals surface area contributed by atoms with Crippen molar-refractivity contribution in [3.8, 4) is 11.6 Å². The summed E-state index contributed by atoms with van der Waals surface area (Å²) in [6.07, 6.45) is 2.70. The van der Waals surface area contributed by atoms with Gasteiger partial charge in [-0.3, -0.25) is 15.0 Å². The summed E-state index contributed by atoms with van der Waals surface area (Å²) >= 11 is 6.49. The molecule has 3 aromatic rings. The zero-order chi connectivity index (χ0) is 34.1. The second-order valence-electron chi connectivity index (χ2n) is 11.9. The highest BCUT2D eigenvalue weighted by Crippen LogP contribution is 2.50. The van der Waals surface area contributed by atoms with Crippen LogP contribution in [0.2, 0.25) is 5.02 Å². The lowest BCUT2D eigenvalue weighted by atomic mass is 9.84. The van der Waals surface area contributed by atoms with E-state index in [1.54, 1.807) is 30.2 Å². The highest BCUT2D eigenvalue weighted by molar-refractivity contribution is 7.93. The van der Waals surface area contributed by atoms with Gasteiger partial charge in [0.1, 0.15) is 10.6 Å². The number of hydrogen-bond acceptors (Lipinski definition) is 11. The van der Waals surface area contributed by atoms with Gasteiger partial charge in [-0.15, -0.1) is 5.06 Å². The highest BCUT2D eigenvalue weighted by Gasteiger charge is 2.59. The minimum Gasteiger partial charge on any atom is -0.495 e. The van der Waals surface area contributed by atoms with Crippen LogP contribution in [0.1, 0.15) is 30.9 Å². The maximum Gasteiger partial charge on any atom is 0.427 e. The molecule has 3 aliphatic rings. The minimum atomic E-state index is -4.60. The van der Waals surface area contributed by atoms with Crippen molar-refractivity contribution in [1.29, 1.82) is 0 Å². The zero-order valence-electron chi connectivity index (χ0n) is 27.1. The summed E-state index contributed by atoms with van der Waals surface area (Å²) in [5, 5.41) is 4.53. The first-order valence-corrected chi connectivity index (χ1v) is 17.7. The van der Waals surface area contributed by atoms with Gasteiger partial charge in [0.25, 0.3) is 15.9 Å². The van der Waals surface area contributed by atoms with Crippen molar-refractivity contribution >= 4 is 39.3 Å². The molecule has 256 valence electrons. The molecule has 2 saturated heterocycles. The third-order valence-corrected chi connectivity index (χ3v) is 11.1. The Balaban J connectivity index is 1.37. The number of benzene rings is 2. The van der Waals surface area contributed by atoms with Gasteiger partial charge in [-0.05, 0) is 82.4 Å². The molecule has 0 saturated carbocycles. The Hall–Kier alpha value is -3.95. The van der Waals surface area contributed by atoms with E-state index in [-0.39, 0.29) is 45.0 Å². The van der Waals surface area contributed by atoms with Crippen molar-refractivity contribution < 1.29 is 32.3 Å². The second kappa shape index (κ2) is 13.9. The quantitative estimate of drug-likeness (QED) is 0.352. The number of pyridine rings is 1. The van der Waals surface area contributed by atoms with Crippen LogP contribution in [0.4, 0.5) is 10.5 Å². The van der Waals surface area contributed by atoms with Crippen LogP contribution in [-0.2, 0) is 25.2 Å². The number of piperidine rings is 1. The Kier molecular flexibility index (Phi) is 9.81. The van der Waals surface area contributed by atoms with Crippen LogP contribution >= 0.6 is 11.6 Å². The number of para-hydroxylation sites is 1. The van der Waals surface area contributed by atoms with Gasteiger partial charge in [0.05, 0.1) is 25.0 Å². The van der Waals surface area contributed by atoms with E-state index < -0.39 is 27.6 Å². The van der Waals surface area contributed by atoms with Gasteiger partial charge in [-0.2, -0.15) is 4.31 Å². The average Bonchev–Trinajstić information content (AvgIpc) is 3.33. The number of hydroxylamine groups is 2. The summed E-state index contributed by atoms with van der Waals surface area (Å²) in [4.78, 5) is 43.5. The highest BCUT2D eigenvalue weighted by atomic mass is 35.5. The van der Waals surface area contributed by atoms with Crippen molar-refractivity contribution in [2.24, 2.45) is 0 Å². The van der Waals surface area contributed by atoms with E-state index in [2.05, 4.69) is 27.1 Å². The Labute approximate surface area is 285 Å². The summed E-state index contributed by atoms with van der Waals surface area (Å²) in [6, 6.07) is 14.0. The first-order chi connectivity index (χ1) is 23.1. The largest absolute Gasteiger partial charge is 0.495 e. The number of sulfonamides is 1. The number of carbonyl (C=O) groups is 2. The lowest BCUT2D eigenvalue weighted by Gasteiger charge is -2.41. The van der Waals surface area contributed by atoms with Crippen molar-refractivity contribution in [3.05, 3.63) is 76.9 Å². The normalized spacial score (nSPS) is 21.2. The molecule has 0 bridgehead atoms. The Bertz CT molecular complexity index is 1780. The molecule has 1 atom stereocenters. The van der Waals surface area contributed by atoms with Gasteiger partial charge in [-0.25, -0.2) is 18.2 Å². The fraction of sp³-hybridized carbons (Fsp3) is 0.424. The van der Waals surface area contributed by atoms with E-state index >= 15 is 0 Å². The lowest BCUT2D eigenvalue weighted by Crippen LogP contribution is -2.57. The fourth-order valence-corrected chi connectivity index (χ4v) is 8.52. The van der Waals surface area contributed by atoms with E-state index in [4.69, 9.17) is 25.9 Å². The molecule has 2 aromatic carbocycles. The summed E-state index contributed by atoms with van der Waals surface area (Å²) in [6.45, 7) is 6.39. The van der Waals surface area contributed by atoms with Crippen LogP contribution in [0.15, 0.2) is 65.7 Å². The number of anilines is 1. The van der Waals surface area contributed by atoms with E-state index in [1.807, 2.05) is 0 Å². The number of piperazine rings is 1. The molecule has 13 nitrogen and oxygen atoms in total. The van der Waals surface area contributed by atoms with E-state index in [0.717, 1.165) is 25.9 Å². The molecular formula is C33H39ClN6O7S. The molecule has 4 heterocycles. The van der Waals surface area contributed by atoms with Gasteiger partial charge in [0, 0.05) is 49.0 Å². The molecule has 1 aromatic heterocycles. The number of carbonyl (C=O) groups excluding carboxylic acids is 2. The standard InChI is InChI=1S/C33H39ClN6O7S/c1-4-46-30-25(8-7-15-35-30)33(36-32(42)47-39-20-18-38(19-21-39)24-13-16-37(2)17-14-24)26-22-23(34)11-12-27(26)40(31(33)41)48(43,44)29-10-6-5-9-28(29)45-3/h5-12,15,22,24H,4,13-14,16-21H2,1-3H3,(H,36,42). The van der Waals surface area contributed by atoms with Gasteiger partial charge >= 0.3 is 6.09 Å². The van der Waals surface area contributed by atoms with Gasteiger partial charge in [0.15, 0.2) is 5.54 Å². The molecule has 0 spiro atoms. The van der Waals surface area contributed by atoms with Crippen molar-refractivity contribution in [3.63, 3.8) is 0 Å². The van der Waals surface area contributed by atoms with E-state index in [9.17, 15) is 18.0 Å². The topological polar surface area (TPSA) is 134 Å². The predicted octanol–water partition coefficient (Wildman–Crippen LogP) is 3.47. The fourth-order valence-electron chi connectivity index (χ4n) is 6.72. The molecule has 0 radical (unpaired) electrons. The van der Waals surface area contributed by atoms with Crippen LogP contribution in [0.25, 0.3) is 0 Å². The van der Waals surface area contributed by atoms with Gasteiger partial charge in [-0.1, -0.05) is 23.7 Å². The third kappa shape index (κ3) is 6.18. The molecule has 1 unspecified atom stereocenters.